The zero-order chi connectivity index (χ0) is 12.1. The Balaban J connectivity index is 2.77. The molecule has 16 heavy (non-hydrogen) atoms. The van der Waals surface area contributed by atoms with Crippen LogP contribution < -0.4 is 16.0 Å². The Labute approximate surface area is 93.5 Å². The second kappa shape index (κ2) is 5.29. The lowest BCUT2D eigenvalue weighted by atomic mass is 10.2. The highest BCUT2D eigenvalue weighted by Gasteiger charge is 2.20. The average molecular weight is 225 g/mol. The van der Waals surface area contributed by atoms with Crippen molar-refractivity contribution in [3.8, 4) is 0 Å². The van der Waals surface area contributed by atoms with Crippen molar-refractivity contribution >= 4 is 17.7 Å². The molecule has 1 aliphatic heterocycles. The SMILES string of the molecule is C[C@@H]1NC(=O)C/C=C\NC(=O)[C@H](C)NC1=O. The lowest BCUT2D eigenvalue weighted by Crippen LogP contribution is -2.50. The second-order valence-electron chi connectivity index (χ2n) is 3.63. The molecule has 3 amide bonds. The van der Waals surface area contributed by atoms with E-state index in [9.17, 15) is 14.4 Å². The van der Waals surface area contributed by atoms with Crippen molar-refractivity contribution in [2.45, 2.75) is 32.4 Å². The number of nitrogens with one attached hydrogen (secondary N) is 3. The van der Waals surface area contributed by atoms with E-state index in [2.05, 4.69) is 16.0 Å². The van der Waals surface area contributed by atoms with Gasteiger partial charge in [-0.2, -0.15) is 0 Å². The van der Waals surface area contributed by atoms with E-state index in [0.29, 0.717) is 0 Å². The van der Waals surface area contributed by atoms with Crippen LogP contribution in [-0.4, -0.2) is 29.8 Å². The van der Waals surface area contributed by atoms with Gasteiger partial charge in [0.1, 0.15) is 12.1 Å². The highest BCUT2D eigenvalue weighted by molar-refractivity contribution is 5.92. The molecule has 1 aliphatic rings. The van der Waals surface area contributed by atoms with Crippen LogP contribution in [0.1, 0.15) is 20.3 Å². The fraction of sp³-hybridized carbons (Fsp3) is 0.500. The normalized spacial score (nSPS) is 29.5. The Morgan fingerprint density at radius 2 is 1.69 bits per heavy atom. The quantitative estimate of drug-likeness (QED) is 0.495. The van der Waals surface area contributed by atoms with Crippen LogP contribution in [0.3, 0.4) is 0 Å². The summed E-state index contributed by atoms with van der Waals surface area (Å²) in [6.07, 6.45) is 3.06. The van der Waals surface area contributed by atoms with Crippen molar-refractivity contribution < 1.29 is 14.4 Å². The number of carbonyl (C=O) groups is 3. The molecule has 0 aromatic heterocycles. The maximum atomic E-state index is 11.5. The van der Waals surface area contributed by atoms with Gasteiger partial charge in [0, 0.05) is 12.6 Å². The average Bonchev–Trinajstić information content (AvgIpc) is 2.23. The molecular formula is C10H15N3O3. The minimum atomic E-state index is -0.644. The lowest BCUT2D eigenvalue weighted by Gasteiger charge is -2.16. The van der Waals surface area contributed by atoms with E-state index in [0.717, 1.165) is 0 Å². The summed E-state index contributed by atoms with van der Waals surface area (Å²) in [5, 5.41) is 7.49. The molecule has 0 aromatic rings. The first-order valence-electron chi connectivity index (χ1n) is 5.06. The number of amides is 3. The fourth-order valence-electron chi connectivity index (χ4n) is 1.20. The Kier molecular flexibility index (Phi) is 4.04. The summed E-state index contributed by atoms with van der Waals surface area (Å²) >= 11 is 0. The molecule has 0 spiro atoms. The van der Waals surface area contributed by atoms with Gasteiger partial charge >= 0.3 is 0 Å². The molecule has 0 radical (unpaired) electrons. The summed E-state index contributed by atoms with van der Waals surface area (Å²) in [4.78, 5) is 34.2. The largest absolute Gasteiger partial charge is 0.344 e. The van der Waals surface area contributed by atoms with Gasteiger partial charge in [-0.3, -0.25) is 14.4 Å². The van der Waals surface area contributed by atoms with Crippen LogP contribution in [0.2, 0.25) is 0 Å². The van der Waals surface area contributed by atoms with Crippen LogP contribution in [0.25, 0.3) is 0 Å². The number of carbonyl (C=O) groups excluding carboxylic acids is 3. The number of hydrogen-bond acceptors (Lipinski definition) is 3. The molecule has 0 fully saturated rings. The Morgan fingerprint density at radius 3 is 2.38 bits per heavy atom. The molecule has 88 valence electrons. The standard InChI is InChI=1S/C10H15N3O3/c1-6-9(15)11-5-3-4-8(14)12-7(2)10(16)13-6/h3,5-7H,4H2,1-2H3,(H,11,15)(H,12,14)(H,13,16)/b5-3-/t6-,7-/m0/s1. The second-order valence-corrected chi connectivity index (χ2v) is 3.63. The maximum absolute atomic E-state index is 11.5. The molecule has 0 saturated heterocycles. The van der Waals surface area contributed by atoms with Crippen molar-refractivity contribution in [3.63, 3.8) is 0 Å². The van der Waals surface area contributed by atoms with Gasteiger partial charge in [0.05, 0.1) is 0 Å². The van der Waals surface area contributed by atoms with Gasteiger partial charge in [0.25, 0.3) is 0 Å². The molecule has 6 nitrogen and oxygen atoms in total. The van der Waals surface area contributed by atoms with Crippen LogP contribution in [0.5, 0.6) is 0 Å². The topological polar surface area (TPSA) is 87.3 Å². The molecule has 1 heterocycles. The first kappa shape index (κ1) is 12.2. The predicted octanol–water partition coefficient (Wildman–Crippen LogP) is -0.971. The molecule has 0 unspecified atom stereocenters. The van der Waals surface area contributed by atoms with E-state index < -0.39 is 12.1 Å². The summed E-state index contributed by atoms with van der Waals surface area (Å²) in [6, 6.07) is -1.27. The van der Waals surface area contributed by atoms with Crippen molar-refractivity contribution in [2.24, 2.45) is 0 Å². The van der Waals surface area contributed by atoms with Gasteiger partial charge in [0.2, 0.25) is 17.7 Å². The van der Waals surface area contributed by atoms with Crippen molar-refractivity contribution in [2.75, 3.05) is 0 Å². The Hall–Kier alpha value is -1.85. The number of hydrogen-bond donors (Lipinski definition) is 3. The minimum Gasteiger partial charge on any atom is -0.344 e. The summed E-state index contributed by atoms with van der Waals surface area (Å²) in [5.74, 6) is -0.952. The summed E-state index contributed by atoms with van der Waals surface area (Å²) in [7, 11) is 0. The molecule has 0 aliphatic carbocycles. The van der Waals surface area contributed by atoms with Crippen LogP contribution in [-0.2, 0) is 14.4 Å². The van der Waals surface area contributed by atoms with Gasteiger partial charge in [0.15, 0.2) is 0 Å². The number of rotatable bonds is 0. The first-order valence-corrected chi connectivity index (χ1v) is 5.06. The predicted molar refractivity (Wildman–Crippen MR) is 57.1 cm³/mol. The van der Waals surface area contributed by atoms with Crippen molar-refractivity contribution in [3.05, 3.63) is 12.3 Å². The summed E-state index contributed by atoms with van der Waals surface area (Å²) in [5.41, 5.74) is 0. The van der Waals surface area contributed by atoms with Gasteiger partial charge in [-0.05, 0) is 13.8 Å². The van der Waals surface area contributed by atoms with Gasteiger partial charge in [-0.25, -0.2) is 0 Å². The Morgan fingerprint density at radius 1 is 1.06 bits per heavy atom. The summed E-state index contributed by atoms with van der Waals surface area (Å²) < 4.78 is 0. The van der Waals surface area contributed by atoms with Crippen molar-refractivity contribution in [1.29, 1.82) is 0 Å². The maximum Gasteiger partial charge on any atom is 0.246 e. The van der Waals surface area contributed by atoms with Crippen molar-refractivity contribution in [1.82, 2.24) is 16.0 Å². The molecule has 6 heteroatoms. The zero-order valence-corrected chi connectivity index (χ0v) is 9.24. The zero-order valence-electron chi connectivity index (χ0n) is 9.24. The third-order valence-electron chi connectivity index (χ3n) is 2.17. The van der Waals surface area contributed by atoms with Crippen LogP contribution in [0.15, 0.2) is 12.3 Å². The first-order chi connectivity index (χ1) is 7.50. The van der Waals surface area contributed by atoms with Gasteiger partial charge in [-0.1, -0.05) is 6.08 Å². The molecule has 3 N–H and O–H groups in total. The molecule has 0 saturated carbocycles. The third kappa shape index (κ3) is 3.38. The Bertz CT molecular complexity index is 338. The van der Waals surface area contributed by atoms with Crippen LogP contribution >= 0.6 is 0 Å². The molecular weight excluding hydrogens is 210 g/mol. The molecule has 1 rings (SSSR count). The lowest BCUT2D eigenvalue weighted by molar-refractivity contribution is -0.130. The van der Waals surface area contributed by atoms with Gasteiger partial charge < -0.3 is 16.0 Å². The smallest absolute Gasteiger partial charge is 0.246 e. The van der Waals surface area contributed by atoms with E-state index in [1.807, 2.05) is 0 Å². The van der Waals surface area contributed by atoms with E-state index >= 15 is 0 Å². The monoisotopic (exact) mass is 225 g/mol. The molecule has 0 aromatic carbocycles. The molecule has 0 bridgehead atoms. The van der Waals surface area contributed by atoms with Crippen LogP contribution in [0, 0.1) is 0 Å². The third-order valence-corrected chi connectivity index (χ3v) is 2.17. The summed E-state index contributed by atoms with van der Waals surface area (Å²) in [6.45, 7) is 3.15. The van der Waals surface area contributed by atoms with Gasteiger partial charge in [-0.15, -0.1) is 0 Å². The van der Waals surface area contributed by atoms with E-state index in [4.69, 9.17) is 0 Å². The van der Waals surface area contributed by atoms with E-state index in [-0.39, 0.29) is 24.1 Å². The highest BCUT2D eigenvalue weighted by Crippen LogP contribution is 1.92. The van der Waals surface area contributed by atoms with Crippen LogP contribution in [0.4, 0.5) is 0 Å². The minimum absolute atomic E-state index is 0.131. The van der Waals surface area contributed by atoms with E-state index in [1.54, 1.807) is 13.8 Å². The molecule has 2 atom stereocenters. The van der Waals surface area contributed by atoms with E-state index in [1.165, 1.54) is 12.3 Å². The fourth-order valence-corrected chi connectivity index (χ4v) is 1.20. The highest BCUT2D eigenvalue weighted by atomic mass is 16.2.